The van der Waals surface area contributed by atoms with E-state index in [1.807, 2.05) is 0 Å². The van der Waals surface area contributed by atoms with Crippen LogP contribution in [0.4, 0.5) is 0 Å². The summed E-state index contributed by atoms with van der Waals surface area (Å²) in [6.45, 7) is 6.65. The minimum Gasteiger partial charge on any atom is -0.655 e. The van der Waals surface area contributed by atoms with Crippen molar-refractivity contribution in [3.63, 3.8) is 0 Å². The molecule has 2 atom stereocenters. The number of hydrogen-bond acceptors (Lipinski definition) is 1. The van der Waals surface area contributed by atoms with Gasteiger partial charge in [-0.3, -0.25) is 0 Å². The maximum absolute atomic E-state index is 4.92. The molecular weight excluding hydrogens is 439 g/mol. The van der Waals surface area contributed by atoms with Crippen LogP contribution in [0, 0.1) is 0 Å². The summed E-state index contributed by atoms with van der Waals surface area (Å²) in [5.74, 6) is 0. The van der Waals surface area contributed by atoms with E-state index in [4.69, 9.17) is 5.32 Å². The molecule has 0 radical (unpaired) electrons. The van der Waals surface area contributed by atoms with Crippen LogP contribution >= 0.6 is 0 Å². The predicted molar refractivity (Wildman–Crippen MR) is 60.7 cm³/mol. The molecule has 2 unspecified atom stereocenters. The summed E-state index contributed by atoms with van der Waals surface area (Å²) in [6, 6.07) is 2.28. The van der Waals surface area contributed by atoms with Crippen molar-refractivity contribution in [3.8, 4) is 0 Å². The van der Waals surface area contributed by atoms with Crippen molar-refractivity contribution < 1.29 is 0 Å². The van der Waals surface area contributed by atoms with Gasteiger partial charge in [0.2, 0.25) is 0 Å². The summed E-state index contributed by atoms with van der Waals surface area (Å²) >= 11 is 0. The van der Waals surface area contributed by atoms with Crippen LogP contribution in [-0.2, 0) is 0 Å². The molecule has 0 spiro atoms. The van der Waals surface area contributed by atoms with Crippen LogP contribution in [0.25, 0.3) is 5.32 Å². The topological polar surface area (TPSA) is 17.3 Å². The Bertz CT molecular complexity index is 198. The number of piperidine rings is 1. The molecule has 0 aromatic rings. The SMILES string of the molecule is CN1C2CCC1CC([N-]C(C)(C)C)C2.[Rf]. The first kappa shape index (κ1) is 12.0. The van der Waals surface area contributed by atoms with E-state index >= 15 is 0 Å². The Morgan fingerprint density at radius 3 is 1.93 bits per heavy atom. The summed E-state index contributed by atoms with van der Waals surface area (Å²) < 4.78 is 0. The Balaban J connectivity index is 0.00000112. The van der Waals surface area contributed by atoms with Crippen molar-refractivity contribution >= 4 is 0 Å². The van der Waals surface area contributed by atoms with E-state index in [0.29, 0.717) is 6.04 Å². The van der Waals surface area contributed by atoms with E-state index in [0.717, 1.165) is 12.1 Å². The second-order valence-electron chi connectivity index (χ2n) is 5.98. The molecule has 0 aromatic carbocycles. The van der Waals surface area contributed by atoms with Crippen molar-refractivity contribution in [1.82, 2.24) is 4.90 Å². The van der Waals surface area contributed by atoms with Gasteiger partial charge in [0.05, 0.1) is 0 Å². The quantitative estimate of drug-likeness (QED) is 0.586. The van der Waals surface area contributed by atoms with Crippen molar-refractivity contribution in [2.75, 3.05) is 7.05 Å². The molecule has 0 amide bonds. The van der Waals surface area contributed by atoms with Crippen molar-refractivity contribution in [2.24, 2.45) is 0 Å². The third-order valence-corrected chi connectivity index (χ3v) is 3.64. The standard InChI is InChI=1S/C12H23N2.Rf/c1-12(2,3)13-9-7-10-5-6-11(8-9)14(10)4;/h9-11H,5-8H2,1-4H3;/q-1;. The molecule has 3 heteroatoms. The van der Waals surface area contributed by atoms with E-state index in [1.165, 1.54) is 25.7 Å². The first-order valence-corrected chi connectivity index (χ1v) is 5.89. The third kappa shape index (κ3) is 2.48. The average Bonchev–Trinajstić information content (AvgIpc) is 2.32. The summed E-state index contributed by atoms with van der Waals surface area (Å²) in [6.07, 6.45) is 5.39. The van der Waals surface area contributed by atoms with Crippen molar-refractivity contribution in [2.45, 2.75) is 70.1 Å². The monoisotopic (exact) mass is 462 g/mol. The number of fused-ring (bicyclic) bond motifs is 2. The number of rotatable bonds is 1. The smallest absolute Gasteiger partial charge is 0.00818 e. The maximum atomic E-state index is 4.92. The molecule has 2 bridgehead atoms. The minimum absolute atomic E-state index is 0. The molecule has 2 nitrogen and oxygen atoms in total. The van der Waals surface area contributed by atoms with Crippen LogP contribution in [0.2, 0.25) is 0 Å². The van der Waals surface area contributed by atoms with Gasteiger partial charge in [-0.2, -0.15) is 0 Å². The molecule has 0 N–H and O–H groups in total. The largest absolute Gasteiger partial charge is 0.655 e. The second kappa shape index (κ2) is 3.82. The molecular formula is C12H23N2Rf-. The summed E-state index contributed by atoms with van der Waals surface area (Å²) in [5.41, 5.74) is 0.153. The minimum atomic E-state index is 0. The molecule has 15 heavy (non-hydrogen) atoms. The third-order valence-electron chi connectivity index (χ3n) is 3.64. The van der Waals surface area contributed by atoms with Gasteiger partial charge >= 0.3 is 0 Å². The van der Waals surface area contributed by atoms with Gasteiger partial charge in [-0.05, 0) is 19.9 Å². The van der Waals surface area contributed by atoms with Gasteiger partial charge in [-0.15, -0.1) is 11.6 Å². The normalized spacial score (nSPS) is 36.4. The zero-order valence-electron chi connectivity index (χ0n) is 10.7. The van der Waals surface area contributed by atoms with Gasteiger partial charge < -0.3 is 10.2 Å². The molecule has 2 heterocycles. The van der Waals surface area contributed by atoms with Gasteiger partial charge in [0.1, 0.15) is 0 Å². The van der Waals surface area contributed by atoms with Crippen LogP contribution in [0.15, 0.2) is 0 Å². The summed E-state index contributed by atoms with van der Waals surface area (Å²) in [7, 11) is 2.29. The molecule has 2 rings (SSSR count). The van der Waals surface area contributed by atoms with Crippen molar-refractivity contribution in [3.05, 3.63) is 5.32 Å². The Labute approximate surface area is 88.1 Å². The fourth-order valence-corrected chi connectivity index (χ4v) is 3.04. The Kier molecular flexibility index (Phi) is 3.05. The van der Waals surface area contributed by atoms with Gasteiger partial charge in [-0.1, -0.05) is 33.6 Å². The van der Waals surface area contributed by atoms with E-state index in [9.17, 15) is 0 Å². The van der Waals surface area contributed by atoms with Crippen LogP contribution in [0.5, 0.6) is 0 Å². The molecule has 2 aliphatic heterocycles. The van der Waals surface area contributed by atoms with Gasteiger partial charge in [-0.25, -0.2) is 0 Å². The van der Waals surface area contributed by atoms with Crippen molar-refractivity contribution in [1.29, 1.82) is 0 Å². The second-order valence-corrected chi connectivity index (χ2v) is 5.98. The Morgan fingerprint density at radius 2 is 1.53 bits per heavy atom. The molecule has 2 fully saturated rings. The number of hydrogen-bond donors (Lipinski definition) is 0. The van der Waals surface area contributed by atoms with Crippen LogP contribution in [0.3, 0.4) is 0 Å². The molecule has 0 aliphatic carbocycles. The van der Waals surface area contributed by atoms with Gasteiger partial charge in [0, 0.05) is 12.1 Å². The molecule has 84 valence electrons. The van der Waals surface area contributed by atoms with Gasteiger partial charge in [0.15, 0.2) is 0 Å². The zero-order chi connectivity index (χ0) is 10.3. The molecule has 0 aromatic heterocycles. The first-order chi connectivity index (χ1) is 6.46. The predicted octanol–water partition coefficient (Wildman–Crippen LogP) is 2.78. The summed E-state index contributed by atoms with van der Waals surface area (Å²) in [5, 5.41) is 4.92. The van der Waals surface area contributed by atoms with Crippen LogP contribution in [0.1, 0.15) is 46.5 Å². The van der Waals surface area contributed by atoms with Crippen LogP contribution < -0.4 is 0 Å². The van der Waals surface area contributed by atoms with E-state index < -0.39 is 0 Å². The Hall–Kier alpha value is -1.08. The first-order valence-electron chi connectivity index (χ1n) is 5.89. The van der Waals surface area contributed by atoms with E-state index in [-0.39, 0.29) is 5.54 Å². The zero-order valence-corrected chi connectivity index (χ0v) is 17.1. The average molecular weight is 462 g/mol. The molecule has 2 saturated heterocycles. The molecule has 0 saturated carbocycles. The van der Waals surface area contributed by atoms with E-state index in [2.05, 4.69) is 32.7 Å². The number of nitrogens with zero attached hydrogens (tertiary/aromatic N) is 2. The fraction of sp³-hybridized carbons (Fsp3) is 1.00. The fourth-order valence-electron chi connectivity index (χ4n) is 3.04. The van der Waals surface area contributed by atoms with Crippen LogP contribution in [-0.4, -0.2) is 35.6 Å². The van der Waals surface area contributed by atoms with Gasteiger partial charge in [0.25, 0.3) is 0 Å². The maximum Gasteiger partial charge on any atom is 0.00818 e. The van der Waals surface area contributed by atoms with E-state index in [1.54, 1.807) is 0 Å². The summed E-state index contributed by atoms with van der Waals surface area (Å²) in [4.78, 5) is 2.58. The Morgan fingerprint density at radius 1 is 1.07 bits per heavy atom. The molecule has 2 aliphatic rings.